The van der Waals surface area contributed by atoms with Crippen LogP contribution >= 0.6 is 0 Å². The van der Waals surface area contributed by atoms with Gasteiger partial charge in [-0.1, -0.05) is 36.9 Å². The van der Waals surface area contributed by atoms with E-state index >= 15 is 0 Å². The molecular weight excluding hydrogens is 266 g/mol. The molecule has 1 atom stereocenters. The van der Waals surface area contributed by atoms with Gasteiger partial charge in [-0.3, -0.25) is 4.21 Å². The Labute approximate surface area is 143 Å². The molecule has 7 heteroatoms. The Morgan fingerprint density at radius 3 is 2.12 bits per heavy atom. The standard InChI is InChI=1S/C9H12O3S2.2Na/c1-2-13(14(10,11)12)8-9-6-4-3-5-7-9;;/h2-7H,1,8H2,(H2,10,11,12);;/q;2*+1/p-2. The predicted octanol–water partition coefficient (Wildman–Crippen LogP) is -4.58. The molecule has 1 aromatic carbocycles. The van der Waals surface area contributed by atoms with Gasteiger partial charge in [-0.05, 0) is 11.0 Å². The molecule has 0 saturated carbocycles. The van der Waals surface area contributed by atoms with E-state index in [1.807, 2.05) is 6.07 Å². The zero-order valence-electron chi connectivity index (χ0n) is 9.42. The van der Waals surface area contributed by atoms with Crippen LogP contribution in [0, 0.1) is 0 Å². The van der Waals surface area contributed by atoms with Crippen LogP contribution in [0.1, 0.15) is 5.56 Å². The molecule has 0 amide bonds. The van der Waals surface area contributed by atoms with Crippen LogP contribution in [0.2, 0.25) is 0 Å². The molecule has 0 aliphatic heterocycles. The molecule has 1 aromatic rings. The topological polar surface area (TPSA) is 63.2 Å². The number of rotatable bonds is 3. The Hall–Kier alpha value is 1.38. The van der Waals surface area contributed by atoms with E-state index in [0.717, 1.165) is 5.56 Å². The van der Waals surface area contributed by atoms with Gasteiger partial charge in [0, 0.05) is 5.75 Å². The SMILES string of the molecule is C=CS(Cc1ccccc1)=S(=O)([O-])[O-].[Na+].[Na+]. The minimum absolute atomic E-state index is 0. The van der Waals surface area contributed by atoms with Crippen molar-refractivity contribution >= 4 is 18.5 Å². The fraction of sp³-hybridized carbons (Fsp3) is 0.111. The van der Waals surface area contributed by atoms with Gasteiger partial charge in [-0.25, -0.2) is 0 Å². The molecule has 0 aliphatic rings. The molecule has 1 rings (SSSR count). The summed E-state index contributed by atoms with van der Waals surface area (Å²) in [5.41, 5.74) is 0.829. The normalized spacial score (nSPS) is 11.9. The smallest absolute Gasteiger partial charge is 0.784 e. The van der Waals surface area contributed by atoms with Crippen molar-refractivity contribution in [1.82, 2.24) is 0 Å². The molecule has 0 bridgehead atoms. The summed E-state index contributed by atoms with van der Waals surface area (Å²) in [6.45, 7) is 3.36. The summed E-state index contributed by atoms with van der Waals surface area (Å²) in [6, 6.07) is 9.01. The van der Waals surface area contributed by atoms with Crippen LogP contribution in [0.5, 0.6) is 0 Å². The van der Waals surface area contributed by atoms with E-state index in [2.05, 4.69) is 6.58 Å². The monoisotopic (exact) mass is 276 g/mol. The van der Waals surface area contributed by atoms with E-state index < -0.39 is 18.5 Å². The first-order valence-corrected chi connectivity index (χ1v) is 7.25. The second-order valence-corrected chi connectivity index (χ2v) is 7.29. The Morgan fingerprint density at radius 2 is 1.75 bits per heavy atom. The molecule has 0 aliphatic carbocycles. The van der Waals surface area contributed by atoms with Crippen molar-refractivity contribution in [2.24, 2.45) is 0 Å². The maximum atomic E-state index is 10.8. The van der Waals surface area contributed by atoms with Crippen molar-refractivity contribution in [3.63, 3.8) is 0 Å². The van der Waals surface area contributed by atoms with E-state index in [0.29, 0.717) is 0 Å². The number of hydrogen-bond acceptors (Lipinski definition) is 3. The molecule has 78 valence electrons. The maximum absolute atomic E-state index is 10.8. The van der Waals surface area contributed by atoms with Crippen LogP contribution in [0.4, 0.5) is 0 Å². The first-order valence-electron chi connectivity index (χ1n) is 3.86. The minimum atomic E-state index is -4.25. The van der Waals surface area contributed by atoms with E-state index in [9.17, 15) is 13.3 Å². The number of benzene rings is 1. The average molecular weight is 276 g/mol. The van der Waals surface area contributed by atoms with E-state index in [1.165, 1.54) is 5.41 Å². The van der Waals surface area contributed by atoms with E-state index in [1.54, 1.807) is 24.3 Å². The predicted molar refractivity (Wildman–Crippen MR) is 57.4 cm³/mol. The van der Waals surface area contributed by atoms with Crippen LogP contribution in [0.15, 0.2) is 42.3 Å². The fourth-order valence-electron chi connectivity index (χ4n) is 0.953. The van der Waals surface area contributed by atoms with Crippen LogP contribution in [-0.4, -0.2) is 13.3 Å². The summed E-state index contributed by atoms with van der Waals surface area (Å²) in [6.07, 6.45) is 0. The third-order valence-corrected chi connectivity index (χ3v) is 5.45. The second-order valence-electron chi connectivity index (χ2n) is 2.59. The second kappa shape index (κ2) is 9.33. The van der Waals surface area contributed by atoms with Crippen molar-refractivity contribution in [1.29, 1.82) is 0 Å². The summed E-state index contributed by atoms with van der Waals surface area (Å²) in [7, 11) is -5.57. The minimum Gasteiger partial charge on any atom is -0.784 e. The molecule has 0 spiro atoms. The van der Waals surface area contributed by atoms with Crippen molar-refractivity contribution in [3.8, 4) is 0 Å². The largest absolute Gasteiger partial charge is 1.00 e. The van der Waals surface area contributed by atoms with Gasteiger partial charge in [0.25, 0.3) is 0 Å². The first kappa shape index (κ1) is 19.7. The van der Waals surface area contributed by atoms with Gasteiger partial charge < -0.3 is 9.11 Å². The summed E-state index contributed by atoms with van der Waals surface area (Å²) in [4.78, 5) is 0. The summed E-state index contributed by atoms with van der Waals surface area (Å²) < 4.78 is 32.3. The van der Waals surface area contributed by atoms with E-state index in [-0.39, 0.29) is 64.9 Å². The third-order valence-electron chi connectivity index (χ3n) is 1.60. The number of hydrogen-bond donors (Lipinski definition) is 0. The molecule has 1 unspecified atom stereocenters. The molecule has 0 aromatic heterocycles. The first-order chi connectivity index (χ1) is 6.54. The summed E-state index contributed by atoms with van der Waals surface area (Å²) in [5, 5.41) is 1.20. The van der Waals surface area contributed by atoms with Gasteiger partial charge in [-0.2, -0.15) is 0 Å². The van der Waals surface area contributed by atoms with Crippen molar-refractivity contribution in [2.45, 2.75) is 5.75 Å². The van der Waals surface area contributed by atoms with Crippen molar-refractivity contribution in [2.75, 3.05) is 0 Å². The molecule has 3 nitrogen and oxygen atoms in total. The van der Waals surface area contributed by atoms with Gasteiger partial charge in [0.15, 0.2) is 0 Å². The average Bonchev–Trinajstić information content (AvgIpc) is 2.14. The Kier molecular flexibility index (Phi) is 11.5. The van der Waals surface area contributed by atoms with Gasteiger partial charge >= 0.3 is 59.1 Å². The summed E-state index contributed by atoms with van der Waals surface area (Å²) in [5.74, 6) is 0.218. The Bertz CT molecular complexity index is 431. The van der Waals surface area contributed by atoms with Crippen LogP contribution in [-0.2, 0) is 24.3 Å². The summed E-state index contributed by atoms with van der Waals surface area (Å²) >= 11 is 0. The van der Waals surface area contributed by atoms with E-state index in [4.69, 9.17) is 0 Å². The fourth-order valence-corrected chi connectivity index (χ4v) is 3.24. The van der Waals surface area contributed by atoms with Crippen LogP contribution in [0.3, 0.4) is 0 Å². The third kappa shape index (κ3) is 6.96. The van der Waals surface area contributed by atoms with Crippen LogP contribution in [0.25, 0.3) is 0 Å². The van der Waals surface area contributed by atoms with Gasteiger partial charge in [0.2, 0.25) is 0 Å². The molecule has 0 heterocycles. The Balaban J connectivity index is 0. The maximum Gasteiger partial charge on any atom is 1.00 e. The van der Waals surface area contributed by atoms with Crippen molar-refractivity contribution < 1.29 is 72.4 Å². The van der Waals surface area contributed by atoms with Gasteiger partial charge in [0.1, 0.15) is 0 Å². The Morgan fingerprint density at radius 1 is 1.25 bits per heavy atom. The van der Waals surface area contributed by atoms with Gasteiger partial charge in [0.05, 0.1) is 0 Å². The van der Waals surface area contributed by atoms with Crippen LogP contribution < -0.4 is 59.1 Å². The van der Waals surface area contributed by atoms with Crippen molar-refractivity contribution in [3.05, 3.63) is 47.9 Å². The molecule has 0 fully saturated rings. The zero-order chi connectivity index (χ0) is 10.6. The quantitative estimate of drug-likeness (QED) is 0.522. The van der Waals surface area contributed by atoms with Gasteiger partial charge in [-0.15, -0.1) is 18.5 Å². The molecular formula is C9H10Na2O3S2. The zero-order valence-corrected chi connectivity index (χ0v) is 15.1. The molecule has 0 saturated heterocycles. The molecule has 0 radical (unpaired) electrons. The molecule has 0 N–H and O–H groups in total. The molecule has 16 heavy (non-hydrogen) atoms.